The highest BCUT2D eigenvalue weighted by Crippen LogP contribution is 2.31. The number of anilines is 2. The molecule has 2 amide bonds. The largest absolute Gasteiger partial charge is 0.366 e. The van der Waals surface area contributed by atoms with Crippen LogP contribution in [0.1, 0.15) is 31.8 Å². The number of para-hydroxylation sites is 1. The number of halogens is 1. The summed E-state index contributed by atoms with van der Waals surface area (Å²) in [4.78, 5) is 24.6. The number of nitrogens with zero attached hydrogens (tertiary/aromatic N) is 1. The summed E-state index contributed by atoms with van der Waals surface area (Å²) in [6, 6.07) is 26.3. The van der Waals surface area contributed by atoms with Crippen molar-refractivity contribution in [2.45, 2.75) is 18.4 Å². The van der Waals surface area contributed by atoms with Crippen molar-refractivity contribution in [2.24, 2.45) is 5.73 Å². The molecule has 0 unspecified atom stereocenters. The van der Waals surface area contributed by atoms with E-state index in [1.54, 1.807) is 91.0 Å². The van der Waals surface area contributed by atoms with Crippen molar-refractivity contribution in [3.05, 3.63) is 124 Å². The van der Waals surface area contributed by atoms with Crippen LogP contribution in [0.5, 0.6) is 0 Å². The Bertz CT molecular complexity index is 1560. The van der Waals surface area contributed by atoms with Gasteiger partial charge in [0.05, 0.1) is 28.4 Å². The van der Waals surface area contributed by atoms with Crippen molar-refractivity contribution >= 4 is 44.8 Å². The molecule has 0 aliphatic carbocycles. The average molecular weight is 534 g/mol. The highest BCUT2D eigenvalue weighted by molar-refractivity contribution is 7.92. The van der Waals surface area contributed by atoms with Crippen LogP contribution in [-0.4, -0.2) is 20.2 Å². The van der Waals surface area contributed by atoms with Crippen LogP contribution < -0.4 is 15.4 Å². The molecule has 3 N–H and O–H groups in total. The minimum absolute atomic E-state index is 0.0187. The summed E-state index contributed by atoms with van der Waals surface area (Å²) in [5.74, 6) is -1.08. The second-order valence-electron chi connectivity index (χ2n) is 8.32. The Morgan fingerprint density at radius 2 is 1.54 bits per heavy atom. The standard InChI is InChI=1S/C28H24ClN3O4S/c1-19-11-16-22(29)17-26(19)32(37(35,36)23-7-3-2-4-8-23)18-20-12-14-21(15-13-20)28(34)31-25-10-6-5-9-24(25)27(30)33/h2-17H,18H2,1H3,(H2,30,33)(H,31,34). The van der Waals surface area contributed by atoms with Crippen LogP contribution in [0.2, 0.25) is 5.02 Å². The minimum Gasteiger partial charge on any atom is -0.366 e. The molecule has 4 aromatic rings. The summed E-state index contributed by atoms with van der Waals surface area (Å²) in [6.07, 6.45) is 0. The molecular formula is C28H24ClN3O4S. The van der Waals surface area contributed by atoms with Crippen LogP contribution >= 0.6 is 11.6 Å². The maximum absolute atomic E-state index is 13.6. The number of carbonyl (C=O) groups is 2. The number of primary amides is 1. The molecule has 37 heavy (non-hydrogen) atoms. The molecule has 188 valence electrons. The number of hydrogen-bond donors (Lipinski definition) is 2. The van der Waals surface area contributed by atoms with Crippen LogP contribution in [-0.2, 0) is 16.6 Å². The minimum atomic E-state index is -3.92. The first-order chi connectivity index (χ1) is 17.7. The zero-order valence-electron chi connectivity index (χ0n) is 19.9. The van der Waals surface area contributed by atoms with E-state index < -0.39 is 21.8 Å². The highest BCUT2D eigenvalue weighted by atomic mass is 35.5. The lowest BCUT2D eigenvalue weighted by Crippen LogP contribution is -2.31. The molecule has 0 radical (unpaired) electrons. The van der Waals surface area contributed by atoms with Crippen LogP contribution in [0.25, 0.3) is 0 Å². The van der Waals surface area contributed by atoms with Crippen molar-refractivity contribution in [3.8, 4) is 0 Å². The Balaban J connectivity index is 1.63. The number of carbonyl (C=O) groups excluding carboxylic acids is 2. The van der Waals surface area contributed by atoms with Gasteiger partial charge in [-0.05, 0) is 66.6 Å². The van der Waals surface area contributed by atoms with Gasteiger partial charge in [-0.3, -0.25) is 13.9 Å². The lowest BCUT2D eigenvalue weighted by atomic mass is 10.1. The van der Waals surface area contributed by atoms with Gasteiger partial charge in [0, 0.05) is 10.6 Å². The van der Waals surface area contributed by atoms with Crippen molar-refractivity contribution in [1.29, 1.82) is 0 Å². The number of nitrogens with two attached hydrogens (primary N) is 1. The highest BCUT2D eigenvalue weighted by Gasteiger charge is 2.26. The summed E-state index contributed by atoms with van der Waals surface area (Å²) in [5, 5.41) is 3.11. The Kier molecular flexibility index (Phi) is 7.61. The number of aryl methyl sites for hydroxylation is 1. The zero-order valence-corrected chi connectivity index (χ0v) is 21.5. The molecule has 9 heteroatoms. The van der Waals surface area contributed by atoms with E-state index in [9.17, 15) is 18.0 Å². The van der Waals surface area contributed by atoms with Gasteiger partial charge in [0.1, 0.15) is 0 Å². The van der Waals surface area contributed by atoms with Gasteiger partial charge in [-0.15, -0.1) is 0 Å². The van der Waals surface area contributed by atoms with Gasteiger partial charge in [0.2, 0.25) is 0 Å². The normalized spacial score (nSPS) is 11.1. The van der Waals surface area contributed by atoms with Crippen LogP contribution in [0.4, 0.5) is 11.4 Å². The number of hydrogen-bond acceptors (Lipinski definition) is 4. The lowest BCUT2D eigenvalue weighted by molar-refractivity contribution is 0.100. The Hall–Kier alpha value is -4.14. The number of nitrogens with one attached hydrogen (secondary N) is 1. The van der Waals surface area contributed by atoms with Crippen molar-refractivity contribution in [3.63, 3.8) is 0 Å². The van der Waals surface area contributed by atoms with E-state index in [1.165, 1.54) is 10.4 Å². The van der Waals surface area contributed by atoms with Crippen LogP contribution in [0.15, 0.2) is 102 Å². The molecule has 4 aromatic carbocycles. The second-order valence-corrected chi connectivity index (χ2v) is 10.6. The van der Waals surface area contributed by atoms with E-state index in [0.717, 1.165) is 5.56 Å². The van der Waals surface area contributed by atoms with Crippen molar-refractivity contribution in [2.75, 3.05) is 9.62 Å². The van der Waals surface area contributed by atoms with Crippen LogP contribution in [0, 0.1) is 6.92 Å². The predicted octanol–water partition coefficient (Wildman–Crippen LogP) is 5.40. The van der Waals surface area contributed by atoms with Gasteiger partial charge in [-0.1, -0.05) is 60.1 Å². The molecule has 0 spiro atoms. The molecule has 0 saturated carbocycles. The third-order valence-electron chi connectivity index (χ3n) is 5.75. The summed E-state index contributed by atoms with van der Waals surface area (Å²) < 4.78 is 28.6. The summed E-state index contributed by atoms with van der Waals surface area (Å²) in [6.45, 7) is 1.83. The molecule has 0 fully saturated rings. The quantitative estimate of drug-likeness (QED) is 0.316. The maximum atomic E-state index is 13.6. The Labute approximate surface area is 220 Å². The van der Waals surface area contributed by atoms with Gasteiger partial charge in [-0.25, -0.2) is 8.42 Å². The lowest BCUT2D eigenvalue weighted by Gasteiger charge is -2.26. The Morgan fingerprint density at radius 1 is 0.892 bits per heavy atom. The summed E-state index contributed by atoms with van der Waals surface area (Å²) in [7, 11) is -3.92. The number of amides is 2. The first-order valence-corrected chi connectivity index (χ1v) is 13.1. The fourth-order valence-electron chi connectivity index (χ4n) is 3.80. The van der Waals surface area contributed by atoms with Gasteiger partial charge in [0.25, 0.3) is 21.8 Å². The van der Waals surface area contributed by atoms with E-state index in [2.05, 4.69) is 5.32 Å². The fourth-order valence-corrected chi connectivity index (χ4v) is 5.50. The number of benzene rings is 4. The molecule has 0 bridgehead atoms. The van der Waals surface area contributed by atoms with Gasteiger partial charge >= 0.3 is 0 Å². The monoisotopic (exact) mass is 533 g/mol. The molecule has 0 aromatic heterocycles. The second kappa shape index (κ2) is 10.9. The molecule has 0 aliphatic rings. The zero-order chi connectivity index (χ0) is 26.6. The third kappa shape index (κ3) is 5.82. The Morgan fingerprint density at radius 3 is 2.22 bits per heavy atom. The average Bonchev–Trinajstić information content (AvgIpc) is 2.89. The number of rotatable bonds is 8. The van der Waals surface area contributed by atoms with Crippen LogP contribution in [0.3, 0.4) is 0 Å². The molecular weight excluding hydrogens is 510 g/mol. The first kappa shape index (κ1) is 25.9. The van der Waals surface area contributed by atoms with E-state index >= 15 is 0 Å². The third-order valence-corrected chi connectivity index (χ3v) is 7.76. The SMILES string of the molecule is Cc1ccc(Cl)cc1N(Cc1ccc(C(=O)Nc2ccccc2C(N)=O)cc1)S(=O)(=O)c1ccccc1. The van der Waals surface area contributed by atoms with E-state index in [-0.39, 0.29) is 17.0 Å². The van der Waals surface area contributed by atoms with Gasteiger partial charge in [0.15, 0.2) is 0 Å². The summed E-state index contributed by atoms with van der Waals surface area (Å²) >= 11 is 6.22. The molecule has 0 atom stereocenters. The van der Waals surface area contributed by atoms with E-state index in [1.807, 2.05) is 6.92 Å². The summed E-state index contributed by atoms with van der Waals surface area (Å²) in [5.41, 5.74) is 8.09. The molecule has 4 rings (SSSR count). The van der Waals surface area contributed by atoms with Gasteiger partial charge in [-0.2, -0.15) is 0 Å². The van der Waals surface area contributed by atoms with Gasteiger partial charge < -0.3 is 11.1 Å². The molecule has 7 nitrogen and oxygen atoms in total. The molecule has 0 heterocycles. The fraction of sp³-hybridized carbons (Fsp3) is 0.0714. The van der Waals surface area contributed by atoms with E-state index in [0.29, 0.717) is 27.5 Å². The topological polar surface area (TPSA) is 110 Å². The van der Waals surface area contributed by atoms with Crippen molar-refractivity contribution < 1.29 is 18.0 Å². The molecule has 0 aliphatic heterocycles. The smallest absolute Gasteiger partial charge is 0.264 e. The molecule has 0 saturated heterocycles. The van der Waals surface area contributed by atoms with E-state index in [4.69, 9.17) is 17.3 Å². The number of sulfonamides is 1. The maximum Gasteiger partial charge on any atom is 0.264 e. The predicted molar refractivity (Wildman–Crippen MR) is 145 cm³/mol. The van der Waals surface area contributed by atoms with Crippen molar-refractivity contribution in [1.82, 2.24) is 0 Å². The first-order valence-electron chi connectivity index (χ1n) is 11.3.